The number of methoxy groups -OCH3 is 1. The first kappa shape index (κ1) is 15.5. The first-order chi connectivity index (χ1) is 9.90. The van der Waals surface area contributed by atoms with Gasteiger partial charge < -0.3 is 14.9 Å². The zero-order valence-electron chi connectivity index (χ0n) is 12.3. The summed E-state index contributed by atoms with van der Waals surface area (Å²) in [6, 6.07) is 4.86. The summed E-state index contributed by atoms with van der Waals surface area (Å²) in [7, 11) is 1.54. The molecule has 0 aromatic heterocycles. The molecule has 2 atom stereocenters. The van der Waals surface area contributed by atoms with Gasteiger partial charge in [-0.05, 0) is 43.5 Å². The van der Waals surface area contributed by atoms with Gasteiger partial charge in [0.15, 0.2) is 5.78 Å². The van der Waals surface area contributed by atoms with Crippen LogP contribution in [0.2, 0.25) is 0 Å². The van der Waals surface area contributed by atoms with Gasteiger partial charge in [0.25, 0.3) is 0 Å². The average molecular weight is 292 g/mol. The van der Waals surface area contributed by atoms with Crippen LogP contribution in [0, 0.1) is 12.8 Å². The van der Waals surface area contributed by atoms with Gasteiger partial charge >= 0.3 is 5.97 Å². The Kier molecular flexibility index (Phi) is 4.32. The SMILES string of the molecule is COc1ccc(C(=O)C2(O)CCCCC2C(=O)O)cc1C. The number of rotatable bonds is 4. The molecular formula is C16H20O5. The highest BCUT2D eigenvalue weighted by Crippen LogP contribution is 2.37. The van der Waals surface area contributed by atoms with Crippen LogP contribution in [0.25, 0.3) is 0 Å². The second-order valence-electron chi connectivity index (χ2n) is 5.57. The molecule has 2 rings (SSSR count). The molecule has 5 heteroatoms. The molecule has 0 heterocycles. The maximum absolute atomic E-state index is 12.6. The molecule has 0 spiro atoms. The highest BCUT2D eigenvalue weighted by atomic mass is 16.5. The lowest BCUT2D eigenvalue weighted by molar-refractivity contribution is -0.151. The average Bonchev–Trinajstić information content (AvgIpc) is 2.46. The Morgan fingerprint density at radius 2 is 2.05 bits per heavy atom. The Balaban J connectivity index is 2.36. The number of aliphatic hydroxyl groups is 1. The van der Waals surface area contributed by atoms with Gasteiger partial charge in [0, 0.05) is 5.56 Å². The molecule has 1 aliphatic carbocycles. The van der Waals surface area contributed by atoms with E-state index in [-0.39, 0.29) is 6.42 Å². The summed E-state index contributed by atoms with van der Waals surface area (Å²) in [6.07, 6.45) is 1.88. The van der Waals surface area contributed by atoms with Gasteiger partial charge in [0.05, 0.1) is 13.0 Å². The van der Waals surface area contributed by atoms with Crippen LogP contribution in [0.15, 0.2) is 18.2 Å². The molecule has 1 aliphatic rings. The van der Waals surface area contributed by atoms with Crippen molar-refractivity contribution in [2.45, 2.75) is 38.2 Å². The molecule has 0 radical (unpaired) electrons. The van der Waals surface area contributed by atoms with Crippen molar-refractivity contribution in [1.82, 2.24) is 0 Å². The molecule has 1 aromatic rings. The fraction of sp³-hybridized carbons (Fsp3) is 0.500. The number of ether oxygens (including phenoxy) is 1. The number of hydrogen-bond acceptors (Lipinski definition) is 4. The number of hydrogen-bond donors (Lipinski definition) is 2. The fourth-order valence-electron chi connectivity index (χ4n) is 3.03. The molecule has 1 saturated carbocycles. The predicted octanol–water partition coefficient (Wildman–Crippen LogP) is 2.19. The Hall–Kier alpha value is -1.88. The largest absolute Gasteiger partial charge is 0.496 e. The topological polar surface area (TPSA) is 83.8 Å². The van der Waals surface area contributed by atoms with Gasteiger partial charge in [-0.1, -0.05) is 12.8 Å². The third kappa shape index (κ3) is 2.78. The summed E-state index contributed by atoms with van der Waals surface area (Å²) in [5.41, 5.74) is -0.718. The Morgan fingerprint density at radius 3 is 2.62 bits per heavy atom. The molecular weight excluding hydrogens is 272 g/mol. The van der Waals surface area contributed by atoms with E-state index in [4.69, 9.17) is 4.74 Å². The molecule has 114 valence electrons. The Labute approximate surface area is 123 Å². The number of ketones is 1. The second-order valence-corrected chi connectivity index (χ2v) is 5.57. The molecule has 0 amide bonds. The maximum atomic E-state index is 12.6. The molecule has 0 saturated heterocycles. The zero-order chi connectivity index (χ0) is 15.6. The van der Waals surface area contributed by atoms with Crippen molar-refractivity contribution in [2.24, 2.45) is 5.92 Å². The van der Waals surface area contributed by atoms with Gasteiger partial charge in [-0.15, -0.1) is 0 Å². The molecule has 1 fully saturated rings. The summed E-state index contributed by atoms with van der Waals surface area (Å²) < 4.78 is 5.14. The van der Waals surface area contributed by atoms with Crippen molar-refractivity contribution >= 4 is 11.8 Å². The van der Waals surface area contributed by atoms with E-state index in [0.29, 0.717) is 30.6 Å². The van der Waals surface area contributed by atoms with Crippen LogP contribution in [-0.2, 0) is 4.79 Å². The minimum atomic E-state index is -1.81. The third-order valence-electron chi connectivity index (χ3n) is 4.23. The lowest BCUT2D eigenvalue weighted by Crippen LogP contribution is -2.51. The zero-order valence-corrected chi connectivity index (χ0v) is 12.3. The molecule has 21 heavy (non-hydrogen) atoms. The predicted molar refractivity (Wildman–Crippen MR) is 76.6 cm³/mol. The first-order valence-electron chi connectivity index (χ1n) is 7.05. The van der Waals surface area contributed by atoms with Crippen LogP contribution in [0.4, 0.5) is 0 Å². The smallest absolute Gasteiger partial charge is 0.309 e. The van der Waals surface area contributed by atoms with Crippen molar-refractivity contribution in [3.8, 4) is 5.75 Å². The minimum absolute atomic E-state index is 0.188. The fourth-order valence-corrected chi connectivity index (χ4v) is 3.03. The second kappa shape index (κ2) is 5.85. The monoisotopic (exact) mass is 292 g/mol. The van der Waals surface area contributed by atoms with Gasteiger partial charge in [-0.25, -0.2) is 0 Å². The molecule has 0 aliphatic heterocycles. The first-order valence-corrected chi connectivity index (χ1v) is 7.05. The number of aliphatic carboxylic acids is 1. The van der Waals surface area contributed by atoms with Gasteiger partial charge in [-0.2, -0.15) is 0 Å². The van der Waals surface area contributed by atoms with Gasteiger partial charge in [-0.3, -0.25) is 9.59 Å². The van der Waals surface area contributed by atoms with Crippen molar-refractivity contribution < 1.29 is 24.5 Å². The third-order valence-corrected chi connectivity index (χ3v) is 4.23. The number of carbonyl (C=O) groups excluding carboxylic acids is 1. The minimum Gasteiger partial charge on any atom is -0.496 e. The number of carboxylic acid groups (broad SMARTS) is 1. The van der Waals surface area contributed by atoms with E-state index in [1.165, 1.54) is 0 Å². The van der Waals surface area contributed by atoms with Crippen LogP contribution in [0.3, 0.4) is 0 Å². The van der Waals surface area contributed by atoms with Crippen molar-refractivity contribution in [3.05, 3.63) is 29.3 Å². The van der Waals surface area contributed by atoms with Gasteiger partial charge in [0.1, 0.15) is 11.4 Å². The van der Waals surface area contributed by atoms with Crippen LogP contribution in [-0.4, -0.2) is 34.7 Å². The number of carbonyl (C=O) groups is 2. The normalized spacial score (nSPS) is 25.4. The summed E-state index contributed by atoms with van der Waals surface area (Å²) in [5.74, 6) is -2.02. The van der Waals surface area contributed by atoms with Crippen LogP contribution in [0.1, 0.15) is 41.6 Å². The summed E-state index contributed by atoms with van der Waals surface area (Å²) in [6.45, 7) is 1.80. The number of Topliss-reactive ketones (excluding diaryl/α,β-unsaturated/α-hetero) is 1. The van der Waals surface area contributed by atoms with Crippen molar-refractivity contribution in [1.29, 1.82) is 0 Å². The highest BCUT2D eigenvalue weighted by molar-refractivity contribution is 6.05. The molecule has 1 aromatic carbocycles. The van der Waals surface area contributed by atoms with Crippen LogP contribution in [0.5, 0.6) is 5.75 Å². The number of aryl methyl sites for hydroxylation is 1. The highest BCUT2D eigenvalue weighted by Gasteiger charge is 2.49. The van der Waals surface area contributed by atoms with E-state index in [9.17, 15) is 19.8 Å². The number of benzene rings is 1. The molecule has 2 unspecified atom stereocenters. The quantitative estimate of drug-likeness (QED) is 0.831. The van der Waals surface area contributed by atoms with Gasteiger partial charge in [0.2, 0.25) is 0 Å². The Bertz CT molecular complexity index is 566. The summed E-state index contributed by atoms with van der Waals surface area (Å²) >= 11 is 0. The van der Waals surface area contributed by atoms with E-state index >= 15 is 0 Å². The lowest BCUT2D eigenvalue weighted by Gasteiger charge is -2.36. The van der Waals surface area contributed by atoms with Crippen molar-refractivity contribution in [2.75, 3.05) is 7.11 Å². The standard InChI is InChI=1S/C16H20O5/c1-10-9-11(6-7-13(10)21-2)14(17)16(20)8-4-3-5-12(16)15(18)19/h6-7,9,12,20H,3-5,8H2,1-2H3,(H,18,19). The van der Waals surface area contributed by atoms with Crippen molar-refractivity contribution in [3.63, 3.8) is 0 Å². The Morgan fingerprint density at radius 1 is 1.33 bits per heavy atom. The molecule has 2 N–H and O–H groups in total. The van der Waals surface area contributed by atoms with E-state index in [1.54, 1.807) is 32.2 Å². The van der Waals surface area contributed by atoms with Crippen LogP contribution >= 0.6 is 0 Å². The summed E-state index contributed by atoms with van der Waals surface area (Å²) in [4.78, 5) is 24.0. The molecule has 5 nitrogen and oxygen atoms in total. The summed E-state index contributed by atoms with van der Waals surface area (Å²) in [5, 5.41) is 20.0. The number of carboxylic acids is 1. The maximum Gasteiger partial charge on any atom is 0.309 e. The molecule has 0 bridgehead atoms. The van der Waals surface area contributed by atoms with Crippen LogP contribution < -0.4 is 4.74 Å². The van der Waals surface area contributed by atoms with E-state index in [2.05, 4.69) is 0 Å². The van der Waals surface area contributed by atoms with E-state index < -0.39 is 23.3 Å². The lowest BCUT2D eigenvalue weighted by atomic mass is 9.71. The van der Waals surface area contributed by atoms with E-state index in [0.717, 1.165) is 5.56 Å². The van der Waals surface area contributed by atoms with E-state index in [1.807, 2.05) is 0 Å².